The molecule has 0 saturated carbocycles. The predicted molar refractivity (Wildman–Crippen MR) is 64.4 cm³/mol. The lowest BCUT2D eigenvalue weighted by Gasteiger charge is -2.15. The van der Waals surface area contributed by atoms with Crippen LogP contribution in [0.4, 0.5) is 0 Å². The third-order valence-corrected chi connectivity index (χ3v) is 3.26. The Hall–Kier alpha value is -0.980. The molecule has 3 rings (SSSR count). The zero-order valence-corrected chi connectivity index (χ0v) is 10.4. The molecule has 0 amide bonds. The lowest BCUT2D eigenvalue weighted by Crippen LogP contribution is -2.09. The number of nitrogens with zero attached hydrogens (tertiary/aromatic N) is 4. The van der Waals surface area contributed by atoms with E-state index in [4.69, 9.17) is 0 Å². The molecule has 0 saturated heterocycles. The number of halogens is 1. The monoisotopic (exact) mass is 312 g/mol. The first-order valence-corrected chi connectivity index (χ1v) is 5.86. The van der Waals surface area contributed by atoms with Crippen molar-refractivity contribution in [1.29, 1.82) is 0 Å². The van der Waals surface area contributed by atoms with Crippen LogP contribution in [0.15, 0.2) is 12.4 Å². The van der Waals surface area contributed by atoms with Gasteiger partial charge in [0.15, 0.2) is 3.83 Å². The molecule has 0 aromatic carbocycles. The normalized spacial score (nSPS) is 13.5. The molecule has 0 unspecified atom stereocenters. The fourth-order valence-electron chi connectivity index (χ4n) is 2.01. The Morgan fingerprint density at radius 3 is 2.93 bits per heavy atom. The number of aromatic nitrogens is 4. The first kappa shape index (κ1) is 9.26. The summed E-state index contributed by atoms with van der Waals surface area (Å²) in [5, 5.41) is 4.28. The summed E-state index contributed by atoms with van der Waals surface area (Å²) >= 11 is 2.14. The van der Waals surface area contributed by atoms with E-state index in [1.165, 1.54) is 11.1 Å². The Balaban J connectivity index is 2.31. The molecule has 0 aliphatic heterocycles. The van der Waals surface area contributed by atoms with E-state index in [9.17, 15) is 0 Å². The van der Waals surface area contributed by atoms with Crippen LogP contribution in [0.3, 0.4) is 0 Å². The minimum atomic E-state index is 0.792. The molecule has 5 heteroatoms. The van der Waals surface area contributed by atoms with Crippen LogP contribution in [0.5, 0.6) is 0 Å². The minimum absolute atomic E-state index is 0.792. The molecular weight excluding hydrogens is 303 g/mol. The minimum Gasteiger partial charge on any atom is -0.266 e. The van der Waals surface area contributed by atoms with E-state index in [2.05, 4.69) is 37.7 Å². The second-order valence-corrected chi connectivity index (χ2v) is 4.62. The Kier molecular flexibility index (Phi) is 2.01. The van der Waals surface area contributed by atoms with Crippen molar-refractivity contribution in [2.45, 2.75) is 12.8 Å². The maximum Gasteiger partial charge on any atom is 0.191 e. The van der Waals surface area contributed by atoms with Crippen LogP contribution in [0.25, 0.3) is 11.4 Å². The average Bonchev–Trinajstić information content (AvgIpc) is 2.60. The third-order valence-electron chi connectivity index (χ3n) is 2.74. The summed E-state index contributed by atoms with van der Waals surface area (Å²) in [6.07, 6.45) is 5.93. The maximum atomic E-state index is 4.50. The van der Waals surface area contributed by atoms with Crippen LogP contribution in [-0.2, 0) is 19.9 Å². The second kappa shape index (κ2) is 3.26. The van der Waals surface area contributed by atoms with Crippen molar-refractivity contribution >= 4 is 22.6 Å². The van der Waals surface area contributed by atoms with Gasteiger partial charge in [-0.25, -0.2) is 9.97 Å². The summed E-state index contributed by atoms with van der Waals surface area (Å²) in [4.78, 5) is 8.73. The number of aryl methyl sites for hydroxylation is 3. The Labute approximate surface area is 101 Å². The van der Waals surface area contributed by atoms with Crippen molar-refractivity contribution in [1.82, 2.24) is 19.7 Å². The van der Waals surface area contributed by atoms with Crippen molar-refractivity contribution in [3.63, 3.8) is 0 Å². The zero-order valence-electron chi connectivity index (χ0n) is 8.24. The summed E-state index contributed by atoms with van der Waals surface area (Å²) in [7, 11) is 1.96. The van der Waals surface area contributed by atoms with E-state index >= 15 is 0 Å². The quantitative estimate of drug-likeness (QED) is 0.548. The highest BCUT2D eigenvalue weighted by atomic mass is 127. The molecule has 1 aliphatic carbocycles. The summed E-state index contributed by atoms with van der Waals surface area (Å²) in [6, 6.07) is 0. The number of hydrogen-bond donors (Lipinski definition) is 0. The summed E-state index contributed by atoms with van der Waals surface area (Å²) in [6.45, 7) is 0. The predicted octanol–water partition coefficient (Wildman–Crippen LogP) is 1.58. The van der Waals surface area contributed by atoms with Gasteiger partial charge < -0.3 is 0 Å². The fourth-order valence-corrected chi connectivity index (χ4v) is 2.39. The SMILES string of the molecule is Cn1ncc2c1-c1nc(I)ncc1CC2. The lowest BCUT2D eigenvalue weighted by atomic mass is 9.95. The van der Waals surface area contributed by atoms with Crippen molar-refractivity contribution in [2.75, 3.05) is 0 Å². The average molecular weight is 312 g/mol. The van der Waals surface area contributed by atoms with E-state index < -0.39 is 0 Å². The van der Waals surface area contributed by atoms with Gasteiger partial charge in [-0.1, -0.05) is 0 Å². The highest BCUT2D eigenvalue weighted by Gasteiger charge is 2.21. The van der Waals surface area contributed by atoms with Crippen molar-refractivity contribution in [3.8, 4) is 11.4 Å². The molecule has 0 fully saturated rings. The maximum absolute atomic E-state index is 4.50. The Morgan fingerprint density at radius 1 is 1.27 bits per heavy atom. The molecule has 4 nitrogen and oxygen atoms in total. The van der Waals surface area contributed by atoms with Gasteiger partial charge in [-0.15, -0.1) is 0 Å². The molecule has 0 atom stereocenters. The van der Waals surface area contributed by atoms with Crippen LogP contribution in [0, 0.1) is 3.83 Å². The van der Waals surface area contributed by atoms with E-state index in [0.29, 0.717) is 0 Å². The summed E-state index contributed by atoms with van der Waals surface area (Å²) in [5.74, 6) is 0. The van der Waals surface area contributed by atoms with Gasteiger partial charge in [0.25, 0.3) is 0 Å². The van der Waals surface area contributed by atoms with E-state index in [1.54, 1.807) is 0 Å². The standard InChI is InChI=1S/C10H9IN4/c1-15-9-7(5-13-15)3-2-6-4-12-10(11)14-8(6)9/h4-5H,2-3H2,1H3. The van der Waals surface area contributed by atoms with Gasteiger partial charge in [0.1, 0.15) is 0 Å². The zero-order chi connectivity index (χ0) is 10.4. The second-order valence-electron chi connectivity index (χ2n) is 3.65. The molecule has 0 bridgehead atoms. The van der Waals surface area contributed by atoms with E-state index in [-0.39, 0.29) is 0 Å². The molecule has 2 aromatic heterocycles. The third kappa shape index (κ3) is 1.37. The number of rotatable bonds is 0. The van der Waals surface area contributed by atoms with E-state index in [0.717, 1.165) is 28.1 Å². The highest BCUT2D eigenvalue weighted by Crippen LogP contribution is 2.30. The summed E-state index contributed by atoms with van der Waals surface area (Å²) < 4.78 is 2.69. The van der Waals surface area contributed by atoms with Crippen LogP contribution in [0.1, 0.15) is 11.1 Å². The van der Waals surface area contributed by atoms with Gasteiger partial charge in [0.2, 0.25) is 0 Å². The lowest BCUT2D eigenvalue weighted by molar-refractivity contribution is 0.765. The van der Waals surface area contributed by atoms with Crippen LogP contribution >= 0.6 is 22.6 Å². The number of hydrogen-bond acceptors (Lipinski definition) is 3. The topological polar surface area (TPSA) is 43.6 Å². The van der Waals surface area contributed by atoms with Gasteiger partial charge >= 0.3 is 0 Å². The van der Waals surface area contributed by atoms with Gasteiger partial charge in [-0.05, 0) is 24.0 Å². The molecule has 0 N–H and O–H groups in total. The van der Waals surface area contributed by atoms with Crippen molar-refractivity contribution in [3.05, 3.63) is 27.4 Å². The van der Waals surface area contributed by atoms with Crippen LogP contribution < -0.4 is 0 Å². The Bertz CT molecular complexity index is 532. The fraction of sp³-hybridized carbons (Fsp3) is 0.300. The first-order chi connectivity index (χ1) is 7.25. The van der Waals surface area contributed by atoms with Crippen molar-refractivity contribution < 1.29 is 0 Å². The van der Waals surface area contributed by atoms with Crippen LogP contribution in [-0.4, -0.2) is 19.7 Å². The van der Waals surface area contributed by atoms with Gasteiger partial charge in [-0.3, -0.25) is 4.68 Å². The van der Waals surface area contributed by atoms with Crippen LogP contribution in [0.2, 0.25) is 0 Å². The van der Waals surface area contributed by atoms with Gasteiger partial charge in [0, 0.05) is 35.8 Å². The molecular formula is C10H9IN4. The summed E-state index contributed by atoms with van der Waals surface area (Å²) in [5.41, 5.74) is 4.72. The molecule has 0 spiro atoms. The molecule has 2 aromatic rings. The van der Waals surface area contributed by atoms with Gasteiger partial charge in [-0.2, -0.15) is 5.10 Å². The van der Waals surface area contributed by atoms with E-state index in [1.807, 2.05) is 24.1 Å². The highest BCUT2D eigenvalue weighted by molar-refractivity contribution is 14.1. The molecule has 0 radical (unpaired) electrons. The molecule has 2 heterocycles. The van der Waals surface area contributed by atoms with Crippen molar-refractivity contribution in [2.24, 2.45) is 7.05 Å². The molecule has 1 aliphatic rings. The molecule has 76 valence electrons. The first-order valence-electron chi connectivity index (χ1n) is 4.78. The smallest absolute Gasteiger partial charge is 0.191 e. The Morgan fingerprint density at radius 2 is 2.07 bits per heavy atom. The largest absolute Gasteiger partial charge is 0.266 e. The number of fused-ring (bicyclic) bond motifs is 3. The molecule has 15 heavy (non-hydrogen) atoms. The van der Waals surface area contributed by atoms with Gasteiger partial charge in [0.05, 0.1) is 17.6 Å².